The van der Waals surface area contributed by atoms with Gasteiger partial charge in [-0.2, -0.15) is 0 Å². The van der Waals surface area contributed by atoms with Gasteiger partial charge in [0.15, 0.2) is 0 Å². The van der Waals surface area contributed by atoms with E-state index >= 15 is 0 Å². The number of sulfone groups is 1. The largest absolute Gasteiger partial charge is 0.494 e. The molecule has 1 atom stereocenters. The molecule has 0 amide bonds. The Morgan fingerprint density at radius 2 is 1.60 bits per heavy atom. The van der Waals surface area contributed by atoms with E-state index in [4.69, 9.17) is 4.74 Å². The predicted molar refractivity (Wildman–Crippen MR) is 170 cm³/mol. The van der Waals surface area contributed by atoms with Crippen LogP contribution in [0.2, 0.25) is 0 Å². The summed E-state index contributed by atoms with van der Waals surface area (Å²) < 4.78 is 46.6. The number of nitrogens with zero attached hydrogens (tertiary/aromatic N) is 4. The lowest BCUT2D eigenvalue weighted by Gasteiger charge is -2.30. The van der Waals surface area contributed by atoms with E-state index in [-0.39, 0.29) is 9.79 Å². The number of hydrogen-bond acceptors (Lipinski definition) is 8. The Morgan fingerprint density at radius 3 is 2.31 bits per heavy atom. The zero-order valence-electron chi connectivity index (χ0n) is 25.0. The second kappa shape index (κ2) is 14.3. The molecular weight excluding hydrogens is 569 g/mol. The van der Waals surface area contributed by atoms with Gasteiger partial charge in [0.2, 0.25) is 9.84 Å². The number of benzene rings is 2. The third kappa shape index (κ3) is 7.33. The summed E-state index contributed by atoms with van der Waals surface area (Å²) in [7, 11) is -5.10. The summed E-state index contributed by atoms with van der Waals surface area (Å²) in [6.45, 7) is 10.5. The lowest BCUT2D eigenvalue weighted by Crippen LogP contribution is -2.39. The van der Waals surface area contributed by atoms with Crippen LogP contribution in [0.15, 0.2) is 63.3 Å². The fourth-order valence-corrected chi connectivity index (χ4v) is 7.88. The molecule has 8 nitrogen and oxygen atoms in total. The molecule has 10 heteroatoms. The Hall–Kier alpha value is -2.53. The smallest absolute Gasteiger partial charge is 0.210 e. The van der Waals surface area contributed by atoms with Crippen molar-refractivity contribution < 1.29 is 17.4 Å². The lowest BCUT2D eigenvalue weighted by molar-refractivity contribution is 0.186. The molecular formula is C32H44N4O4S2. The summed E-state index contributed by atoms with van der Waals surface area (Å²) in [5.41, 5.74) is 1.36. The van der Waals surface area contributed by atoms with Gasteiger partial charge in [0.25, 0.3) is 0 Å². The Labute approximate surface area is 253 Å². The van der Waals surface area contributed by atoms with E-state index in [1.54, 1.807) is 30.5 Å². The quantitative estimate of drug-likeness (QED) is 0.281. The second-order valence-electron chi connectivity index (χ2n) is 11.4. The number of fused-ring (bicyclic) bond motifs is 1. The van der Waals surface area contributed by atoms with Crippen molar-refractivity contribution in [1.82, 2.24) is 14.8 Å². The van der Waals surface area contributed by atoms with E-state index in [1.165, 1.54) is 38.5 Å². The molecule has 228 valence electrons. The molecule has 2 fully saturated rings. The van der Waals surface area contributed by atoms with Gasteiger partial charge in [-0.15, -0.1) is 0 Å². The first-order chi connectivity index (χ1) is 20.4. The molecule has 2 aliphatic rings. The molecule has 3 aromatic rings. The highest BCUT2D eigenvalue weighted by Crippen LogP contribution is 2.37. The van der Waals surface area contributed by atoms with Gasteiger partial charge in [-0.3, -0.25) is 9.19 Å². The molecule has 2 aromatic carbocycles. The van der Waals surface area contributed by atoms with Gasteiger partial charge in [-0.1, -0.05) is 19.8 Å². The van der Waals surface area contributed by atoms with Gasteiger partial charge in [-0.25, -0.2) is 8.42 Å². The van der Waals surface area contributed by atoms with Crippen molar-refractivity contribution >= 4 is 37.2 Å². The predicted octanol–water partition coefficient (Wildman–Crippen LogP) is 4.98. The van der Waals surface area contributed by atoms with Crippen LogP contribution in [0.1, 0.15) is 45.4 Å². The van der Waals surface area contributed by atoms with E-state index in [2.05, 4.69) is 26.6 Å². The average Bonchev–Trinajstić information content (AvgIpc) is 3.25. The van der Waals surface area contributed by atoms with Crippen LogP contribution in [0.5, 0.6) is 5.75 Å². The summed E-state index contributed by atoms with van der Waals surface area (Å²) in [5.74, 6) is 0.659. The number of pyridine rings is 1. The maximum Gasteiger partial charge on any atom is 0.210 e. The van der Waals surface area contributed by atoms with Crippen LogP contribution >= 0.6 is 0 Å². The first kappa shape index (κ1) is 30.9. The summed E-state index contributed by atoms with van der Waals surface area (Å²) in [4.78, 5) is 12.9. The number of likely N-dealkylation sites (tertiary alicyclic amines) is 1. The number of aromatic nitrogens is 1. The van der Waals surface area contributed by atoms with Gasteiger partial charge in [0, 0.05) is 66.3 Å². The van der Waals surface area contributed by atoms with Crippen molar-refractivity contribution in [1.29, 1.82) is 0 Å². The van der Waals surface area contributed by atoms with Gasteiger partial charge in [-0.05, 0) is 87.8 Å². The normalized spacial score (nSPS) is 18.2. The number of ether oxygens (including phenoxy) is 1. The van der Waals surface area contributed by atoms with E-state index in [9.17, 15) is 12.6 Å². The van der Waals surface area contributed by atoms with Crippen LogP contribution in [0.3, 0.4) is 0 Å². The number of anilines is 1. The van der Waals surface area contributed by atoms with Gasteiger partial charge < -0.3 is 19.4 Å². The molecule has 0 saturated carbocycles. The van der Waals surface area contributed by atoms with Gasteiger partial charge in [0.1, 0.15) is 10.6 Å². The fourth-order valence-electron chi connectivity index (χ4n) is 5.90. The topological polar surface area (TPSA) is 83.0 Å². The van der Waals surface area contributed by atoms with Crippen LogP contribution in [-0.2, 0) is 20.6 Å². The maximum atomic E-state index is 14.2. The Morgan fingerprint density at radius 1 is 0.881 bits per heavy atom. The third-order valence-electron chi connectivity index (χ3n) is 8.39. The standard InChI is InChI=1S/C32H44N4O4S2/c1-3-4-23-40-26-9-12-28(13-10-26)42(38,39)31-25-33-30-14-11-27(41(2)37)24-29(30)32(31)36-18-8-17-35(21-22-36)20-19-34-15-6-5-7-16-34/h9-14,24-25H,3-8,15-23H2,1-2H3. The molecule has 0 N–H and O–H groups in total. The molecule has 2 aliphatic heterocycles. The SMILES string of the molecule is CCCCOc1ccc(S(=O)(=O)c2cnc3ccc(S(C)=O)cc3c2N2CCCN(CCN3CCCCC3)CC2)cc1. The van der Waals surface area contributed by atoms with Crippen molar-refractivity contribution in [3.63, 3.8) is 0 Å². The molecule has 3 heterocycles. The number of hydrogen-bond donors (Lipinski definition) is 0. The molecule has 1 unspecified atom stereocenters. The zero-order chi connectivity index (χ0) is 29.5. The minimum absolute atomic E-state index is 0.190. The highest BCUT2D eigenvalue weighted by atomic mass is 32.2. The van der Waals surface area contributed by atoms with Gasteiger partial charge >= 0.3 is 0 Å². The summed E-state index contributed by atoms with van der Waals surface area (Å²) in [6, 6.07) is 12.2. The molecule has 2 saturated heterocycles. The highest BCUT2D eigenvalue weighted by Gasteiger charge is 2.28. The average molecular weight is 613 g/mol. The van der Waals surface area contributed by atoms with Crippen LogP contribution in [0, 0.1) is 0 Å². The first-order valence-corrected chi connectivity index (χ1v) is 18.3. The minimum Gasteiger partial charge on any atom is -0.494 e. The van der Waals surface area contributed by atoms with Gasteiger partial charge in [0.05, 0.1) is 22.7 Å². The maximum absolute atomic E-state index is 14.2. The Bertz CT molecular complexity index is 1470. The second-order valence-corrected chi connectivity index (χ2v) is 14.7. The first-order valence-electron chi connectivity index (χ1n) is 15.3. The third-order valence-corrected chi connectivity index (χ3v) is 11.1. The number of rotatable bonds is 11. The van der Waals surface area contributed by atoms with Crippen molar-refractivity contribution in [2.45, 2.75) is 60.1 Å². The Balaban J connectivity index is 1.46. The molecule has 0 radical (unpaired) electrons. The monoisotopic (exact) mass is 612 g/mol. The van der Waals surface area contributed by atoms with Crippen molar-refractivity contribution in [2.75, 3.05) is 70.1 Å². The van der Waals surface area contributed by atoms with Crippen molar-refractivity contribution in [2.24, 2.45) is 0 Å². The summed E-state index contributed by atoms with van der Waals surface area (Å²) >= 11 is 0. The molecule has 0 aliphatic carbocycles. The molecule has 5 rings (SSSR count). The van der Waals surface area contributed by atoms with E-state index in [1.807, 2.05) is 18.2 Å². The number of piperidine rings is 1. The molecule has 1 aromatic heterocycles. The van der Waals surface area contributed by atoms with E-state index in [0.717, 1.165) is 57.4 Å². The minimum atomic E-state index is -3.89. The van der Waals surface area contributed by atoms with Crippen LogP contribution in [-0.4, -0.2) is 92.6 Å². The van der Waals surface area contributed by atoms with E-state index in [0.29, 0.717) is 35.0 Å². The van der Waals surface area contributed by atoms with Crippen LogP contribution in [0.25, 0.3) is 10.9 Å². The fraction of sp³-hybridized carbons (Fsp3) is 0.531. The lowest BCUT2D eigenvalue weighted by atomic mass is 10.1. The van der Waals surface area contributed by atoms with Crippen LogP contribution < -0.4 is 9.64 Å². The van der Waals surface area contributed by atoms with E-state index < -0.39 is 20.6 Å². The van der Waals surface area contributed by atoms with Crippen LogP contribution in [0.4, 0.5) is 5.69 Å². The Kier molecular flexibility index (Phi) is 10.5. The molecule has 42 heavy (non-hydrogen) atoms. The van der Waals surface area contributed by atoms with Crippen molar-refractivity contribution in [3.05, 3.63) is 48.7 Å². The summed E-state index contributed by atoms with van der Waals surface area (Å²) in [5, 5.41) is 0.727. The molecule has 0 spiro atoms. The number of unbranched alkanes of at least 4 members (excludes halogenated alkanes) is 1. The molecule has 0 bridgehead atoms. The zero-order valence-corrected chi connectivity index (χ0v) is 26.6. The van der Waals surface area contributed by atoms with Crippen molar-refractivity contribution in [3.8, 4) is 5.75 Å². The highest BCUT2D eigenvalue weighted by molar-refractivity contribution is 7.91. The summed E-state index contributed by atoms with van der Waals surface area (Å²) in [6.07, 6.45) is 9.98.